The van der Waals surface area contributed by atoms with Gasteiger partial charge in [0.05, 0.1) is 6.54 Å². The van der Waals surface area contributed by atoms with Crippen LogP contribution in [0, 0.1) is 5.41 Å². The van der Waals surface area contributed by atoms with Gasteiger partial charge in [0.1, 0.15) is 10.7 Å². The third-order valence-corrected chi connectivity index (χ3v) is 6.05. The minimum absolute atomic E-state index is 0.107. The van der Waals surface area contributed by atoms with Gasteiger partial charge in [-0.15, -0.1) is 0 Å². The van der Waals surface area contributed by atoms with Crippen molar-refractivity contribution < 1.29 is 12.8 Å². The van der Waals surface area contributed by atoms with E-state index in [-0.39, 0.29) is 15.0 Å². The predicted molar refractivity (Wildman–Crippen MR) is 80.9 cm³/mol. The largest absolute Gasteiger partial charge is 0.452 e. The third kappa shape index (κ3) is 3.63. The zero-order chi connectivity index (χ0) is 14.8. The van der Waals surface area contributed by atoms with Crippen molar-refractivity contribution in [2.24, 2.45) is 5.41 Å². The Morgan fingerprint density at radius 3 is 2.70 bits per heavy atom. The second-order valence-corrected chi connectivity index (χ2v) is 8.08. The second kappa shape index (κ2) is 6.17. The van der Waals surface area contributed by atoms with Crippen molar-refractivity contribution in [2.75, 3.05) is 13.1 Å². The SMILES string of the molecule is CCNCc1cc(S(=O)(=O)NCC2(C)CCC2)c(Br)o1. The van der Waals surface area contributed by atoms with Gasteiger partial charge >= 0.3 is 0 Å². The molecular formula is C13H21BrN2O3S. The number of furan rings is 1. The summed E-state index contributed by atoms with van der Waals surface area (Å²) in [6.45, 7) is 5.89. The van der Waals surface area contributed by atoms with Crippen molar-refractivity contribution in [3.05, 3.63) is 16.5 Å². The van der Waals surface area contributed by atoms with Crippen molar-refractivity contribution in [1.29, 1.82) is 0 Å². The first-order valence-electron chi connectivity index (χ1n) is 6.85. The summed E-state index contributed by atoms with van der Waals surface area (Å²) in [6.07, 6.45) is 3.34. The zero-order valence-corrected chi connectivity index (χ0v) is 14.2. The van der Waals surface area contributed by atoms with Gasteiger partial charge in [-0.2, -0.15) is 0 Å². The van der Waals surface area contributed by atoms with Crippen LogP contribution in [0.15, 0.2) is 20.0 Å². The molecule has 1 fully saturated rings. The van der Waals surface area contributed by atoms with Crippen LogP contribution in [-0.2, 0) is 16.6 Å². The smallest absolute Gasteiger partial charge is 0.244 e. The van der Waals surface area contributed by atoms with Gasteiger partial charge in [0, 0.05) is 12.6 Å². The highest BCUT2D eigenvalue weighted by atomic mass is 79.9. The minimum Gasteiger partial charge on any atom is -0.452 e. The third-order valence-electron chi connectivity index (χ3n) is 3.79. The fraction of sp³-hybridized carbons (Fsp3) is 0.692. The molecule has 0 spiro atoms. The molecule has 0 aromatic carbocycles. The van der Waals surface area contributed by atoms with Crippen molar-refractivity contribution in [3.8, 4) is 0 Å². The fourth-order valence-electron chi connectivity index (χ4n) is 2.22. The molecule has 1 aliphatic carbocycles. The first-order chi connectivity index (χ1) is 9.36. The molecule has 0 aliphatic heterocycles. The van der Waals surface area contributed by atoms with E-state index in [0.717, 1.165) is 19.4 Å². The second-order valence-electron chi connectivity index (χ2n) is 5.62. The molecule has 2 rings (SSSR count). The van der Waals surface area contributed by atoms with E-state index in [1.807, 2.05) is 6.92 Å². The molecule has 0 radical (unpaired) electrons. The van der Waals surface area contributed by atoms with E-state index in [1.54, 1.807) is 6.07 Å². The number of sulfonamides is 1. The summed E-state index contributed by atoms with van der Waals surface area (Å²) < 4.78 is 33.0. The number of hydrogen-bond donors (Lipinski definition) is 2. The molecule has 0 unspecified atom stereocenters. The van der Waals surface area contributed by atoms with E-state index >= 15 is 0 Å². The highest BCUT2D eigenvalue weighted by molar-refractivity contribution is 9.10. The van der Waals surface area contributed by atoms with Crippen molar-refractivity contribution in [2.45, 2.75) is 44.6 Å². The predicted octanol–water partition coefficient (Wildman–Crippen LogP) is 2.62. The Morgan fingerprint density at radius 2 is 2.15 bits per heavy atom. The lowest BCUT2D eigenvalue weighted by molar-refractivity contribution is 0.166. The quantitative estimate of drug-likeness (QED) is 0.779. The average Bonchev–Trinajstić information content (AvgIpc) is 2.74. The monoisotopic (exact) mass is 364 g/mol. The summed E-state index contributed by atoms with van der Waals surface area (Å²) in [5.74, 6) is 0.606. The van der Waals surface area contributed by atoms with Gasteiger partial charge in [-0.3, -0.25) is 0 Å². The van der Waals surface area contributed by atoms with Crippen molar-refractivity contribution >= 4 is 26.0 Å². The molecule has 0 atom stereocenters. The lowest BCUT2D eigenvalue weighted by Gasteiger charge is -2.38. The molecule has 5 nitrogen and oxygen atoms in total. The molecule has 20 heavy (non-hydrogen) atoms. The van der Waals surface area contributed by atoms with Crippen LogP contribution in [0.1, 0.15) is 38.9 Å². The van der Waals surface area contributed by atoms with Crippen LogP contribution in [0.25, 0.3) is 0 Å². The van der Waals surface area contributed by atoms with Gasteiger partial charge in [-0.25, -0.2) is 13.1 Å². The van der Waals surface area contributed by atoms with Crippen LogP contribution in [0.5, 0.6) is 0 Å². The van der Waals surface area contributed by atoms with Gasteiger partial charge in [-0.05, 0) is 40.7 Å². The Hall–Kier alpha value is -0.370. The number of halogens is 1. The molecule has 2 N–H and O–H groups in total. The molecule has 7 heteroatoms. The van der Waals surface area contributed by atoms with E-state index in [4.69, 9.17) is 4.42 Å². The fourth-order valence-corrected chi connectivity index (χ4v) is 4.42. The molecule has 1 aromatic rings. The molecule has 1 saturated carbocycles. The van der Waals surface area contributed by atoms with Crippen LogP contribution >= 0.6 is 15.9 Å². The first kappa shape index (κ1) is 16.0. The van der Waals surface area contributed by atoms with Crippen LogP contribution in [0.4, 0.5) is 0 Å². The lowest BCUT2D eigenvalue weighted by atomic mass is 9.71. The molecule has 1 aromatic heterocycles. The summed E-state index contributed by atoms with van der Waals surface area (Å²) >= 11 is 3.18. The van der Waals surface area contributed by atoms with E-state index in [1.165, 1.54) is 6.42 Å². The maximum atomic E-state index is 12.3. The molecule has 114 valence electrons. The standard InChI is InChI=1S/C13H21BrN2O3S/c1-3-15-8-10-7-11(12(14)19-10)20(17,18)16-9-13(2)5-4-6-13/h7,15-16H,3-6,8-9H2,1-2H3. The Balaban J connectivity index is 2.06. The van der Waals surface area contributed by atoms with Gasteiger partial charge < -0.3 is 9.73 Å². The number of hydrogen-bond acceptors (Lipinski definition) is 4. The normalized spacial score (nSPS) is 17.9. The van der Waals surface area contributed by atoms with E-state index in [2.05, 4.69) is 32.9 Å². The van der Waals surface area contributed by atoms with Crippen LogP contribution in [-0.4, -0.2) is 21.5 Å². The van der Waals surface area contributed by atoms with Crippen LogP contribution in [0.2, 0.25) is 0 Å². The lowest BCUT2D eigenvalue weighted by Crippen LogP contribution is -2.39. The Kier molecular flexibility index (Phi) is 4.94. The summed E-state index contributed by atoms with van der Waals surface area (Å²) in [6, 6.07) is 1.57. The highest BCUT2D eigenvalue weighted by Crippen LogP contribution is 2.39. The summed E-state index contributed by atoms with van der Waals surface area (Å²) in [7, 11) is -3.52. The van der Waals surface area contributed by atoms with Crippen LogP contribution < -0.4 is 10.0 Å². The summed E-state index contributed by atoms with van der Waals surface area (Å²) in [4.78, 5) is 0.174. The average molecular weight is 365 g/mol. The van der Waals surface area contributed by atoms with Gasteiger partial charge in [0.25, 0.3) is 0 Å². The minimum atomic E-state index is -3.52. The Bertz CT molecular complexity index is 564. The van der Waals surface area contributed by atoms with Gasteiger partial charge in [-0.1, -0.05) is 20.3 Å². The van der Waals surface area contributed by atoms with Crippen molar-refractivity contribution in [1.82, 2.24) is 10.0 Å². The summed E-state index contributed by atoms with van der Waals surface area (Å²) in [5.41, 5.74) is 0.107. The zero-order valence-electron chi connectivity index (χ0n) is 11.8. The topological polar surface area (TPSA) is 71.3 Å². The highest BCUT2D eigenvalue weighted by Gasteiger charge is 2.33. The molecular weight excluding hydrogens is 344 g/mol. The molecule has 0 saturated heterocycles. The summed E-state index contributed by atoms with van der Waals surface area (Å²) in [5, 5.41) is 3.10. The van der Waals surface area contributed by atoms with E-state index < -0.39 is 10.0 Å². The molecule has 1 aliphatic rings. The first-order valence-corrected chi connectivity index (χ1v) is 9.12. The van der Waals surface area contributed by atoms with E-state index in [9.17, 15) is 8.42 Å². The molecule has 0 amide bonds. The molecule has 1 heterocycles. The van der Waals surface area contributed by atoms with Gasteiger partial charge in [0.15, 0.2) is 4.67 Å². The van der Waals surface area contributed by atoms with Crippen molar-refractivity contribution in [3.63, 3.8) is 0 Å². The maximum Gasteiger partial charge on any atom is 0.244 e. The number of rotatable bonds is 7. The maximum absolute atomic E-state index is 12.3. The van der Waals surface area contributed by atoms with Crippen LogP contribution in [0.3, 0.4) is 0 Å². The number of nitrogens with one attached hydrogen (secondary N) is 2. The van der Waals surface area contributed by atoms with E-state index in [0.29, 0.717) is 18.8 Å². The molecule has 0 bridgehead atoms. The Morgan fingerprint density at radius 1 is 1.45 bits per heavy atom. The Labute approximate surface area is 128 Å². The van der Waals surface area contributed by atoms with Gasteiger partial charge in [0.2, 0.25) is 10.0 Å².